The predicted molar refractivity (Wildman–Crippen MR) is 88.2 cm³/mol. The van der Waals surface area contributed by atoms with Gasteiger partial charge in [-0.15, -0.1) is 0 Å². The number of nitrogens with one attached hydrogen (secondary N) is 1. The fraction of sp³-hybridized carbons (Fsp3) is 0.385. The van der Waals surface area contributed by atoms with Gasteiger partial charge in [-0.05, 0) is 41.2 Å². The maximum absolute atomic E-state index is 12.1. The molecule has 1 aromatic heterocycles. The van der Waals surface area contributed by atoms with Gasteiger partial charge >= 0.3 is 11.1 Å². The van der Waals surface area contributed by atoms with Crippen molar-refractivity contribution >= 4 is 46.0 Å². The minimum absolute atomic E-state index is 0.367. The van der Waals surface area contributed by atoms with E-state index in [0.29, 0.717) is 33.0 Å². The molecule has 0 bridgehead atoms. The van der Waals surface area contributed by atoms with Gasteiger partial charge in [-0.25, -0.2) is 0 Å². The van der Waals surface area contributed by atoms with E-state index in [9.17, 15) is 9.59 Å². The van der Waals surface area contributed by atoms with Crippen molar-refractivity contribution in [3.05, 3.63) is 42.3 Å². The van der Waals surface area contributed by atoms with Crippen molar-refractivity contribution in [1.29, 1.82) is 0 Å². The van der Waals surface area contributed by atoms with Gasteiger partial charge < -0.3 is 14.4 Å². The van der Waals surface area contributed by atoms with Crippen LogP contribution in [0.3, 0.4) is 0 Å². The molecule has 1 aliphatic rings. The molecule has 3 rings (SSSR count). The average Bonchev–Trinajstić information content (AvgIpc) is 2.40. The summed E-state index contributed by atoms with van der Waals surface area (Å²) in [5.74, 6) is 0.367. The van der Waals surface area contributed by atoms with Crippen LogP contribution in [0.15, 0.2) is 26.2 Å². The minimum Gasteiger partial charge on any atom is -0.346 e. The molecule has 2 heterocycles. The SMILES string of the molecule is C[B]N1CC(Cn2c(=O)c(=O)[nH]c3cc(Br)c(Cl)cc32)C1. The summed E-state index contributed by atoms with van der Waals surface area (Å²) in [5, 5.41) is 0.514. The molecule has 0 aliphatic carbocycles. The Kier molecular flexibility index (Phi) is 3.99. The Morgan fingerprint density at radius 1 is 1.43 bits per heavy atom. The van der Waals surface area contributed by atoms with Crippen LogP contribution in [0.2, 0.25) is 11.8 Å². The molecule has 8 heteroatoms. The van der Waals surface area contributed by atoms with Gasteiger partial charge in [-0.3, -0.25) is 9.59 Å². The smallest absolute Gasteiger partial charge is 0.316 e. The van der Waals surface area contributed by atoms with Gasteiger partial charge in [0.1, 0.15) is 0 Å². The summed E-state index contributed by atoms with van der Waals surface area (Å²) in [6, 6.07) is 3.43. The zero-order valence-electron chi connectivity index (χ0n) is 11.4. The zero-order chi connectivity index (χ0) is 15.1. The molecular formula is C13H13BBrClN3O2. The average molecular weight is 369 g/mol. The second-order valence-corrected chi connectivity index (χ2v) is 6.49. The van der Waals surface area contributed by atoms with Crippen LogP contribution in [0.25, 0.3) is 11.0 Å². The van der Waals surface area contributed by atoms with E-state index in [4.69, 9.17) is 11.6 Å². The van der Waals surface area contributed by atoms with Crippen molar-refractivity contribution < 1.29 is 0 Å². The Labute approximate surface area is 135 Å². The second kappa shape index (κ2) is 5.63. The number of fused-ring (bicyclic) bond motifs is 1. The van der Waals surface area contributed by atoms with Crippen LogP contribution in [0.1, 0.15) is 0 Å². The number of hydrogen-bond donors (Lipinski definition) is 1. The molecule has 1 radical (unpaired) electrons. The highest BCUT2D eigenvalue weighted by Crippen LogP contribution is 2.27. The summed E-state index contributed by atoms with van der Waals surface area (Å²) in [4.78, 5) is 28.7. The van der Waals surface area contributed by atoms with Gasteiger partial charge in [-0.2, -0.15) is 0 Å². The molecule has 1 saturated heterocycles. The quantitative estimate of drug-likeness (QED) is 0.662. The third-order valence-electron chi connectivity index (χ3n) is 3.81. The highest BCUT2D eigenvalue weighted by molar-refractivity contribution is 9.10. The first kappa shape index (κ1) is 14.9. The van der Waals surface area contributed by atoms with Crippen LogP contribution < -0.4 is 11.1 Å². The first-order valence-electron chi connectivity index (χ1n) is 6.65. The maximum Gasteiger partial charge on any atom is 0.316 e. The van der Waals surface area contributed by atoms with E-state index in [1.54, 1.807) is 12.1 Å². The minimum atomic E-state index is -0.602. The number of hydrogen-bond acceptors (Lipinski definition) is 3. The summed E-state index contributed by atoms with van der Waals surface area (Å²) >= 11 is 9.44. The van der Waals surface area contributed by atoms with Crippen LogP contribution in [-0.4, -0.2) is 34.9 Å². The first-order chi connectivity index (χ1) is 9.99. The molecule has 0 unspecified atom stereocenters. The molecule has 2 aromatic rings. The van der Waals surface area contributed by atoms with E-state index < -0.39 is 11.1 Å². The molecule has 1 aromatic carbocycles. The van der Waals surface area contributed by atoms with Crippen LogP contribution in [0, 0.1) is 5.92 Å². The van der Waals surface area contributed by atoms with Gasteiger partial charge in [0.15, 0.2) is 0 Å². The fourth-order valence-corrected chi connectivity index (χ4v) is 3.14. The normalized spacial score (nSPS) is 16.1. The summed E-state index contributed by atoms with van der Waals surface area (Å²) in [6.45, 7) is 4.33. The summed E-state index contributed by atoms with van der Waals surface area (Å²) in [5.41, 5.74) is 0.135. The number of aromatic amines is 1. The molecule has 1 aliphatic heterocycles. The molecule has 5 nitrogen and oxygen atoms in total. The van der Waals surface area contributed by atoms with Gasteiger partial charge in [0.05, 0.1) is 16.1 Å². The lowest BCUT2D eigenvalue weighted by molar-refractivity contribution is 0.181. The lowest BCUT2D eigenvalue weighted by Gasteiger charge is -2.39. The summed E-state index contributed by atoms with van der Waals surface area (Å²) in [6.07, 6.45) is 0. The van der Waals surface area contributed by atoms with Crippen molar-refractivity contribution in [1.82, 2.24) is 14.4 Å². The van der Waals surface area contributed by atoms with Crippen molar-refractivity contribution in [2.24, 2.45) is 5.92 Å². The van der Waals surface area contributed by atoms with Crippen LogP contribution >= 0.6 is 27.5 Å². The largest absolute Gasteiger partial charge is 0.346 e. The van der Waals surface area contributed by atoms with Crippen LogP contribution in [-0.2, 0) is 6.54 Å². The Bertz CT molecular complexity index is 813. The van der Waals surface area contributed by atoms with E-state index in [1.165, 1.54) is 4.57 Å². The highest BCUT2D eigenvalue weighted by Gasteiger charge is 2.26. The lowest BCUT2D eigenvalue weighted by atomic mass is 9.85. The second-order valence-electron chi connectivity index (χ2n) is 5.23. The van der Waals surface area contributed by atoms with Gasteiger partial charge in [0.2, 0.25) is 7.41 Å². The van der Waals surface area contributed by atoms with Crippen molar-refractivity contribution in [3.63, 3.8) is 0 Å². The maximum atomic E-state index is 12.1. The number of nitrogens with zero attached hydrogens (tertiary/aromatic N) is 2. The van der Waals surface area contributed by atoms with E-state index >= 15 is 0 Å². The van der Waals surface area contributed by atoms with E-state index in [0.717, 1.165) is 13.1 Å². The lowest BCUT2D eigenvalue weighted by Crippen LogP contribution is -2.51. The van der Waals surface area contributed by atoms with Gasteiger partial charge in [0.25, 0.3) is 0 Å². The number of H-pyrrole nitrogens is 1. The highest BCUT2D eigenvalue weighted by atomic mass is 79.9. The molecule has 0 amide bonds. The third-order valence-corrected chi connectivity index (χ3v) is 5.01. The Hall–Kier alpha value is -1.05. The zero-order valence-corrected chi connectivity index (χ0v) is 13.7. The monoisotopic (exact) mass is 368 g/mol. The predicted octanol–water partition coefficient (Wildman–Crippen LogP) is 1.70. The van der Waals surface area contributed by atoms with Gasteiger partial charge in [0, 0.05) is 16.9 Å². The molecule has 1 N–H and O–H groups in total. The van der Waals surface area contributed by atoms with Crippen molar-refractivity contribution in [2.45, 2.75) is 13.4 Å². The van der Waals surface area contributed by atoms with E-state index in [-0.39, 0.29) is 0 Å². The number of benzene rings is 1. The van der Waals surface area contributed by atoms with Crippen molar-refractivity contribution in [2.75, 3.05) is 13.1 Å². The van der Waals surface area contributed by atoms with Crippen LogP contribution in [0.5, 0.6) is 0 Å². The first-order valence-corrected chi connectivity index (χ1v) is 7.82. The van der Waals surface area contributed by atoms with Crippen molar-refractivity contribution in [3.8, 4) is 0 Å². The molecule has 0 atom stereocenters. The Morgan fingerprint density at radius 3 is 2.81 bits per heavy atom. The van der Waals surface area contributed by atoms with Crippen LogP contribution in [0.4, 0.5) is 0 Å². The Balaban J connectivity index is 2.07. The fourth-order valence-electron chi connectivity index (χ4n) is 2.64. The topological polar surface area (TPSA) is 58.1 Å². The number of halogens is 2. The van der Waals surface area contributed by atoms with E-state index in [1.807, 2.05) is 14.2 Å². The van der Waals surface area contributed by atoms with Gasteiger partial charge in [-0.1, -0.05) is 18.4 Å². The molecule has 0 spiro atoms. The Morgan fingerprint density at radius 2 is 2.14 bits per heavy atom. The standard InChI is InChI=1S/C13H13BBrClN3O2/c1-14-18-4-7(5-18)6-19-11-3-9(16)8(15)2-10(11)17-12(20)13(19)21/h2-3,7H,4-6H2,1H3,(H,17,20). The molecular weight excluding hydrogens is 356 g/mol. The molecule has 21 heavy (non-hydrogen) atoms. The number of aromatic nitrogens is 2. The summed E-state index contributed by atoms with van der Waals surface area (Å²) in [7, 11) is 2.03. The van der Waals surface area contributed by atoms with E-state index in [2.05, 4.69) is 25.7 Å². The third kappa shape index (κ3) is 2.70. The molecule has 109 valence electrons. The molecule has 1 fully saturated rings. The summed E-state index contributed by atoms with van der Waals surface area (Å²) < 4.78 is 2.22. The molecule has 0 saturated carbocycles. The number of rotatable bonds is 3.